The zero-order chi connectivity index (χ0) is 14.8. The number of hydrogen-bond acceptors (Lipinski definition) is 3. The molecule has 0 aliphatic carbocycles. The third kappa shape index (κ3) is 3.48. The highest BCUT2D eigenvalue weighted by Crippen LogP contribution is 2.27. The number of rotatable bonds is 3. The predicted octanol–water partition coefficient (Wildman–Crippen LogP) is 4.31. The van der Waals surface area contributed by atoms with Crippen LogP contribution in [0.5, 0.6) is 5.88 Å². The van der Waals surface area contributed by atoms with Crippen molar-refractivity contribution in [3.63, 3.8) is 0 Å². The standard InChI is InChI=1S/C16H19ClN2O/c1-11-13(17)18-15(16(2,3)4)19-14(11)20-10-12-8-6-5-7-9-12/h5-9H,10H2,1-4H3. The molecule has 0 saturated heterocycles. The molecule has 3 nitrogen and oxygen atoms in total. The molecule has 0 atom stereocenters. The monoisotopic (exact) mass is 290 g/mol. The fraction of sp³-hybridized carbons (Fsp3) is 0.375. The van der Waals surface area contributed by atoms with Gasteiger partial charge < -0.3 is 4.74 Å². The number of hydrogen-bond donors (Lipinski definition) is 0. The van der Waals surface area contributed by atoms with Crippen molar-refractivity contribution in [3.05, 3.63) is 52.4 Å². The van der Waals surface area contributed by atoms with Crippen molar-refractivity contribution in [2.75, 3.05) is 0 Å². The number of halogens is 1. The first-order chi connectivity index (χ1) is 9.38. The Bertz CT molecular complexity index is 591. The van der Waals surface area contributed by atoms with Gasteiger partial charge in [-0.2, -0.15) is 4.98 Å². The SMILES string of the molecule is Cc1c(Cl)nc(C(C)(C)C)nc1OCc1ccccc1. The van der Waals surface area contributed by atoms with Crippen molar-refractivity contribution in [2.45, 2.75) is 39.7 Å². The summed E-state index contributed by atoms with van der Waals surface area (Å²) >= 11 is 6.18. The Labute approximate surface area is 125 Å². The molecular weight excluding hydrogens is 272 g/mol. The van der Waals surface area contributed by atoms with E-state index in [1.165, 1.54) is 0 Å². The average molecular weight is 291 g/mol. The molecule has 0 aliphatic heterocycles. The van der Waals surface area contributed by atoms with E-state index < -0.39 is 0 Å². The van der Waals surface area contributed by atoms with Crippen LogP contribution in [-0.4, -0.2) is 9.97 Å². The third-order valence-corrected chi connectivity index (χ3v) is 3.30. The number of ether oxygens (including phenoxy) is 1. The molecule has 0 aliphatic rings. The van der Waals surface area contributed by atoms with Crippen molar-refractivity contribution in [1.82, 2.24) is 9.97 Å². The summed E-state index contributed by atoms with van der Waals surface area (Å²) in [4.78, 5) is 8.84. The van der Waals surface area contributed by atoms with Gasteiger partial charge in [0.15, 0.2) is 0 Å². The maximum Gasteiger partial charge on any atom is 0.221 e. The lowest BCUT2D eigenvalue weighted by Gasteiger charge is -2.19. The van der Waals surface area contributed by atoms with E-state index in [1.54, 1.807) is 0 Å². The maximum absolute atomic E-state index is 6.18. The van der Waals surface area contributed by atoms with Gasteiger partial charge in [-0.1, -0.05) is 62.7 Å². The Morgan fingerprint density at radius 2 is 1.75 bits per heavy atom. The number of nitrogens with zero attached hydrogens (tertiary/aromatic N) is 2. The highest BCUT2D eigenvalue weighted by atomic mass is 35.5. The molecule has 20 heavy (non-hydrogen) atoms. The quantitative estimate of drug-likeness (QED) is 0.790. The number of aromatic nitrogens is 2. The zero-order valence-electron chi connectivity index (χ0n) is 12.3. The normalized spacial score (nSPS) is 11.4. The molecule has 1 aromatic heterocycles. The lowest BCUT2D eigenvalue weighted by atomic mass is 9.96. The molecule has 0 bridgehead atoms. The van der Waals surface area contributed by atoms with Gasteiger partial charge >= 0.3 is 0 Å². The van der Waals surface area contributed by atoms with Crippen LogP contribution in [0.3, 0.4) is 0 Å². The summed E-state index contributed by atoms with van der Waals surface area (Å²) in [5.41, 5.74) is 1.71. The van der Waals surface area contributed by atoms with Gasteiger partial charge in [0.25, 0.3) is 0 Å². The summed E-state index contributed by atoms with van der Waals surface area (Å²) in [6, 6.07) is 9.98. The molecule has 0 radical (unpaired) electrons. The fourth-order valence-electron chi connectivity index (χ4n) is 1.67. The second-order valence-electron chi connectivity index (χ2n) is 5.79. The van der Waals surface area contributed by atoms with Gasteiger partial charge in [-0.3, -0.25) is 0 Å². The van der Waals surface area contributed by atoms with Gasteiger partial charge in [-0.05, 0) is 12.5 Å². The van der Waals surface area contributed by atoms with E-state index in [1.807, 2.05) is 37.3 Å². The van der Waals surface area contributed by atoms with E-state index in [4.69, 9.17) is 16.3 Å². The van der Waals surface area contributed by atoms with Crippen molar-refractivity contribution >= 4 is 11.6 Å². The average Bonchev–Trinajstić information content (AvgIpc) is 2.40. The molecule has 0 saturated carbocycles. The Morgan fingerprint density at radius 3 is 2.35 bits per heavy atom. The summed E-state index contributed by atoms with van der Waals surface area (Å²) in [5.74, 6) is 1.25. The molecule has 0 unspecified atom stereocenters. The second-order valence-corrected chi connectivity index (χ2v) is 6.15. The van der Waals surface area contributed by atoms with Crippen LogP contribution in [-0.2, 0) is 12.0 Å². The molecule has 106 valence electrons. The first-order valence-electron chi connectivity index (χ1n) is 6.59. The minimum Gasteiger partial charge on any atom is -0.472 e. The van der Waals surface area contributed by atoms with Crippen molar-refractivity contribution in [1.29, 1.82) is 0 Å². The minimum atomic E-state index is -0.164. The maximum atomic E-state index is 6.18. The van der Waals surface area contributed by atoms with Gasteiger partial charge in [-0.15, -0.1) is 0 Å². The fourth-order valence-corrected chi connectivity index (χ4v) is 1.83. The lowest BCUT2D eigenvalue weighted by Crippen LogP contribution is -2.17. The van der Waals surface area contributed by atoms with Crippen LogP contribution in [0.4, 0.5) is 0 Å². The Morgan fingerprint density at radius 1 is 1.10 bits per heavy atom. The van der Waals surface area contributed by atoms with E-state index in [9.17, 15) is 0 Å². The molecule has 0 fully saturated rings. The summed E-state index contributed by atoms with van der Waals surface area (Å²) in [6.45, 7) is 8.49. The van der Waals surface area contributed by atoms with Crippen LogP contribution in [0.25, 0.3) is 0 Å². The van der Waals surface area contributed by atoms with E-state index in [2.05, 4.69) is 30.7 Å². The largest absolute Gasteiger partial charge is 0.472 e. The van der Waals surface area contributed by atoms with Gasteiger partial charge in [-0.25, -0.2) is 4.98 Å². The summed E-state index contributed by atoms with van der Waals surface area (Å²) in [5, 5.41) is 0.452. The molecular formula is C16H19ClN2O. The summed E-state index contributed by atoms with van der Waals surface area (Å²) in [6.07, 6.45) is 0. The number of benzene rings is 1. The van der Waals surface area contributed by atoms with Crippen LogP contribution in [0, 0.1) is 6.92 Å². The molecule has 2 rings (SSSR count). The van der Waals surface area contributed by atoms with Crippen molar-refractivity contribution < 1.29 is 4.74 Å². The Hall–Kier alpha value is -1.61. The molecule has 1 heterocycles. The van der Waals surface area contributed by atoms with Crippen molar-refractivity contribution in [3.8, 4) is 5.88 Å². The van der Waals surface area contributed by atoms with Crippen LogP contribution >= 0.6 is 11.6 Å². The van der Waals surface area contributed by atoms with Gasteiger partial charge in [0.05, 0.1) is 0 Å². The summed E-state index contributed by atoms with van der Waals surface area (Å²) < 4.78 is 5.80. The molecule has 0 N–H and O–H groups in total. The predicted molar refractivity (Wildman–Crippen MR) is 81.3 cm³/mol. The highest BCUT2D eigenvalue weighted by Gasteiger charge is 2.21. The molecule has 1 aromatic carbocycles. The molecule has 0 spiro atoms. The molecule has 0 amide bonds. The first kappa shape index (κ1) is 14.8. The van der Waals surface area contributed by atoms with E-state index in [0.717, 1.165) is 11.1 Å². The van der Waals surface area contributed by atoms with E-state index in [-0.39, 0.29) is 5.41 Å². The third-order valence-electron chi connectivity index (χ3n) is 2.93. The van der Waals surface area contributed by atoms with Gasteiger partial charge in [0.2, 0.25) is 5.88 Å². The topological polar surface area (TPSA) is 35.0 Å². The van der Waals surface area contributed by atoms with E-state index in [0.29, 0.717) is 23.5 Å². The minimum absolute atomic E-state index is 0.164. The highest BCUT2D eigenvalue weighted by molar-refractivity contribution is 6.30. The second kappa shape index (κ2) is 5.80. The zero-order valence-corrected chi connectivity index (χ0v) is 13.0. The van der Waals surface area contributed by atoms with Crippen molar-refractivity contribution in [2.24, 2.45) is 0 Å². The van der Waals surface area contributed by atoms with Crippen LogP contribution in [0.15, 0.2) is 30.3 Å². The van der Waals surface area contributed by atoms with Gasteiger partial charge in [0.1, 0.15) is 17.6 Å². The van der Waals surface area contributed by atoms with Crippen LogP contribution in [0.2, 0.25) is 5.15 Å². The van der Waals surface area contributed by atoms with Crippen LogP contribution < -0.4 is 4.74 Å². The van der Waals surface area contributed by atoms with E-state index >= 15 is 0 Å². The lowest BCUT2D eigenvalue weighted by molar-refractivity contribution is 0.287. The smallest absolute Gasteiger partial charge is 0.221 e. The molecule has 2 aromatic rings. The van der Waals surface area contributed by atoms with Gasteiger partial charge in [0, 0.05) is 11.0 Å². The Balaban J connectivity index is 2.25. The first-order valence-corrected chi connectivity index (χ1v) is 6.97. The van der Waals surface area contributed by atoms with Crippen LogP contribution in [0.1, 0.15) is 37.7 Å². The summed E-state index contributed by atoms with van der Waals surface area (Å²) in [7, 11) is 0. The Kier molecular flexibility index (Phi) is 4.29. The molecule has 4 heteroatoms.